The molecule has 96 valence electrons. The largest absolute Gasteiger partial charge is 0.287 e. The van der Waals surface area contributed by atoms with Crippen molar-refractivity contribution < 1.29 is 0 Å². The second kappa shape index (κ2) is 4.08. The van der Waals surface area contributed by atoms with Crippen LogP contribution in [0.1, 0.15) is 51.7 Å². The Morgan fingerprint density at radius 1 is 1.17 bits per heavy atom. The minimum atomic E-state index is -0.00849. The smallest absolute Gasteiger partial charge is 0.0524 e. The molecule has 0 aromatic heterocycles. The number of hydrogen-bond acceptors (Lipinski definition) is 1. The Morgan fingerprint density at radius 2 is 1.67 bits per heavy atom. The van der Waals surface area contributed by atoms with Gasteiger partial charge in [0.15, 0.2) is 0 Å². The summed E-state index contributed by atoms with van der Waals surface area (Å²) in [6.45, 7) is 15.0. The highest BCUT2D eigenvalue weighted by molar-refractivity contribution is 5.80. The van der Waals surface area contributed by atoms with E-state index in [9.17, 15) is 0 Å². The van der Waals surface area contributed by atoms with Gasteiger partial charge in [-0.25, -0.2) is 0 Å². The Hall–Kier alpha value is -1.37. The zero-order chi connectivity index (χ0) is 13.6. The van der Waals surface area contributed by atoms with Crippen LogP contribution in [0.4, 0.5) is 0 Å². The molecule has 0 aliphatic heterocycles. The van der Waals surface area contributed by atoms with E-state index in [1.54, 1.807) is 0 Å². The summed E-state index contributed by atoms with van der Waals surface area (Å²) in [5.74, 6) is 0.533. The fraction of sp³-hybridized carbons (Fsp3) is 0.471. The van der Waals surface area contributed by atoms with Crippen LogP contribution in [0.5, 0.6) is 0 Å². The van der Waals surface area contributed by atoms with Gasteiger partial charge in [-0.05, 0) is 37.3 Å². The molecule has 1 atom stereocenters. The maximum absolute atomic E-state index is 4.52. The average molecular weight is 241 g/mol. The number of nitrogens with zero attached hydrogens (tertiary/aromatic N) is 1. The summed E-state index contributed by atoms with van der Waals surface area (Å²) in [5.41, 5.74) is 4.15. The minimum Gasteiger partial charge on any atom is -0.287 e. The van der Waals surface area contributed by atoms with Crippen LogP contribution < -0.4 is 0 Å². The van der Waals surface area contributed by atoms with Gasteiger partial charge in [0.05, 0.1) is 5.54 Å². The molecule has 1 unspecified atom stereocenters. The Balaban J connectivity index is 2.13. The fourth-order valence-corrected chi connectivity index (χ4v) is 2.30. The standard InChI is InChI=1S/C17H23N/c1-12-15(17(12,5)6)14-9-7-13(8-10-14)11-18-16(2,3)4/h7-11,15H,1H2,2-6H3. The van der Waals surface area contributed by atoms with Crippen LogP contribution in [0.15, 0.2) is 41.4 Å². The monoisotopic (exact) mass is 241 g/mol. The third-order valence-corrected chi connectivity index (χ3v) is 3.69. The molecule has 0 amide bonds. The zero-order valence-corrected chi connectivity index (χ0v) is 12.1. The summed E-state index contributed by atoms with van der Waals surface area (Å²) in [6.07, 6.45) is 1.96. The summed E-state index contributed by atoms with van der Waals surface area (Å²) < 4.78 is 0. The van der Waals surface area contributed by atoms with Crippen LogP contribution in [0.2, 0.25) is 0 Å². The van der Waals surface area contributed by atoms with E-state index in [2.05, 4.69) is 70.5 Å². The van der Waals surface area contributed by atoms with Gasteiger partial charge in [-0.15, -0.1) is 0 Å². The van der Waals surface area contributed by atoms with Gasteiger partial charge in [0.25, 0.3) is 0 Å². The van der Waals surface area contributed by atoms with Crippen molar-refractivity contribution in [3.63, 3.8) is 0 Å². The van der Waals surface area contributed by atoms with Crippen LogP contribution in [0, 0.1) is 5.41 Å². The highest BCUT2D eigenvalue weighted by Crippen LogP contribution is 2.62. The normalized spacial score (nSPS) is 22.5. The molecule has 0 heterocycles. The van der Waals surface area contributed by atoms with Gasteiger partial charge < -0.3 is 0 Å². The number of hydrogen-bond donors (Lipinski definition) is 0. The quantitative estimate of drug-likeness (QED) is 0.530. The summed E-state index contributed by atoms with van der Waals surface area (Å²) >= 11 is 0. The highest BCUT2D eigenvalue weighted by atomic mass is 14.8. The van der Waals surface area contributed by atoms with E-state index in [4.69, 9.17) is 0 Å². The third-order valence-electron chi connectivity index (χ3n) is 3.69. The molecule has 1 heteroatoms. The maximum Gasteiger partial charge on any atom is 0.0524 e. The lowest BCUT2D eigenvalue weighted by Crippen LogP contribution is -2.09. The molecule has 1 fully saturated rings. The predicted molar refractivity (Wildman–Crippen MR) is 79.5 cm³/mol. The Bertz CT molecular complexity index is 483. The molecule has 1 aliphatic rings. The van der Waals surface area contributed by atoms with Crippen molar-refractivity contribution in [3.8, 4) is 0 Å². The van der Waals surface area contributed by atoms with Gasteiger partial charge in [0.2, 0.25) is 0 Å². The van der Waals surface area contributed by atoms with Gasteiger partial charge in [0, 0.05) is 12.1 Å². The Labute approximate surface area is 111 Å². The van der Waals surface area contributed by atoms with Crippen molar-refractivity contribution in [1.82, 2.24) is 0 Å². The van der Waals surface area contributed by atoms with Crippen molar-refractivity contribution in [2.75, 3.05) is 0 Å². The van der Waals surface area contributed by atoms with Crippen LogP contribution in [-0.4, -0.2) is 11.8 Å². The number of benzene rings is 1. The van der Waals surface area contributed by atoms with Crippen molar-refractivity contribution in [3.05, 3.63) is 47.5 Å². The zero-order valence-electron chi connectivity index (χ0n) is 12.1. The molecule has 0 spiro atoms. The summed E-state index contributed by atoms with van der Waals surface area (Å²) in [6, 6.07) is 8.70. The number of rotatable bonds is 2. The van der Waals surface area contributed by atoms with E-state index in [-0.39, 0.29) is 11.0 Å². The van der Waals surface area contributed by atoms with Crippen LogP contribution in [0.25, 0.3) is 0 Å². The maximum atomic E-state index is 4.52. The molecule has 2 rings (SSSR count). The molecule has 18 heavy (non-hydrogen) atoms. The van der Waals surface area contributed by atoms with Crippen molar-refractivity contribution >= 4 is 6.21 Å². The number of allylic oxidation sites excluding steroid dienone is 1. The van der Waals surface area contributed by atoms with E-state index in [1.165, 1.54) is 11.1 Å². The first kappa shape index (κ1) is 13.1. The molecule has 1 saturated carbocycles. The second-order valence-corrected chi connectivity index (χ2v) is 6.78. The molecule has 0 N–H and O–H groups in total. The molecule has 1 aliphatic carbocycles. The van der Waals surface area contributed by atoms with Crippen molar-refractivity contribution in [2.24, 2.45) is 10.4 Å². The molecule has 1 aromatic rings. The average Bonchev–Trinajstić information content (AvgIpc) is 2.75. The van der Waals surface area contributed by atoms with Gasteiger partial charge in [-0.2, -0.15) is 0 Å². The minimum absolute atomic E-state index is 0.00849. The molecule has 0 bridgehead atoms. The lowest BCUT2D eigenvalue weighted by Gasteiger charge is -2.10. The van der Waals surface area contributed by atoms with E-state index < -0.39 is 0 Å². The summed E-state index contributed by atoms with van der Waals surface area (Å²) in [7, 11) is 0. The molecular weight excluding hydrogens is 218 g/mol. The third kappa shape index (κ3) is 2.55. The summed E-state index contributed by atoms with van der Waals surface area (Å²) in [5, 5.41) is 0. The van der Waals surface area contributed by atoms with Crippen LogP contribution >= 0.6 is 0 Å². The topological polar surface area (TPSA) is 12.4 Å². The molecule has 1 aromatic carbocycles. The molecular formula is C17H23N. The fourth-order valence-electron chi connectivity index (χ4n) is 2.30. The number of aliphatic imine (C=N–C) groups is 1. The summed E-state index contributed by atoms with van der Waals surface area (Å²) in [4.78, 5) is 4.52. The lowest BCUT2D eigenvalue weighted by atomic mass is 10.0. The second-order valence-electron chi connectivity index (χ2n) is 6.78. The van der Waals surface area contributed by atoms with Crippen LogP contribution in [0.3, 0.4) is 0 Å². The molecule has 0 radical (unpaired) electrons. The SMILES string of the molecule is C=C1C(c2ccc(C=NC(C)(C)C)cc2)C1(C)C. The first-order valence-corrected chi connectivity index (χ1v) is 6.56. The lowest BCUT2D eigenvalue weighted by molar-refractivity contribution is 0.586. The van der Waals surface area contributed by atoms with Gasteiger partial charge in [0.1, 0.15) is 0 Å². The van der Waals surface area contributed by atoms with Crippen LogP contribution in [-0.2, 0) is 0 Å². The van der Waals surface area contributed by atoms with Crippen molar-refractivity contribution in [2.45, 2.75) is 46.1 Å². The van der Waals surface area contributed by atoms with Gasteiger partial charge in [-0.1, -0.05) is 50.3 Å². The highest BCUT2D eigenvalue weighted by Gasteiger charge is 2.51. The van der Waals surface area contributed by atoms with E-state index in [0.29, 0.717) is 5.92 Å². The first-order chi connectivity index (χ1) is 8.22. The Kier molecular flexibility index (Phi) is 2.96. The van der Waals surface area contributed by atoms with E-state index in [1.807, 2.05) is 6.21 Å². The van der Waals surface area contributed by atoms with E-state index in [0.717, 1.165) is 5.56 Å². The predicted octanol–water partition coefficient (Wildman–Crippen LogP) is 4.58. The Morgan fingerprint density at radius 3 is 2.06 bits per heavy atom. The van der Waals surface area contributed by atoms with E-state index >= 15 is 0 Å². The van der Waals surface area contributed by atoms with Crippen molar-refractivity contribution in [1.29, 1.82) is 0 Å². The van der Waals surface area contributed by atoms with Gasteiger partial charge in [-0.3, -0.25) is 4.99 Å². The first-order valence-electron chi connectivity index (χ1n) is 6.56. The molecule has 1 nitrogen and oxygen atoms in total. The molecule has 0 saturated heterocycles. The van der Waals surface area contributed by atoms with Gasteiger partial charge >= 0.3 is 0 Å².